The minimum atomic E-state index is -4.19. The van der Waals surface area contributed by atoms with Crippen LogP contribution in [-0.4, -0.2) is 42.5 Å². The summed E-state index contributed by atoms with van der Waals surface area (Å²) < 4.78 is 38.1. The van der Waals surface area contributed by atoms with Gasteiger partial charge in [-0.25, -0.2) is 5.43 Å². The molecule has 2 unspecified atom stereocenters. The summed E-state index contributed by atoms with van der Waals surface area (Å²) in [5.41, 5.74) is 6.80. The normalized spacial score (nSPS) is 27.0. The highest BCUT2D eigenvalue weighted by Crippen LogP contribution is 2.35. The van der Waals surface area contributed by atoms with E-state index in [-0.39, 0.29) is 19.0 Å². The molecule has 3 aliphatic heterocycles. The predicted molar refractivity (Wildman–Crippen MR) is 89.6 cm³/mol. The highest BCUT2D eigenvalue weighted by Gasteiger charge is 2.50. The number of rotatable bonds is 2. The highest BCUT2D eigenvalue weighted by atomic mass is 19.4. The van der Waals surface area contributed by atoms with Gasteiger partial charge in [-0.3, -0.25) is 20.0 Å². The molecular weight excluding hydrogens is 347 g/mol. The lowest BCUT2D eigenvalue weighted by molar-refractivity contribution is -0.217. The van der Waals surface area contributed by atoms with Crippen LogP contribution in [-0.2, 0) is 4.79 Å². The lowest BCUT2D eigenvalue weighted by Crippen LogP contribution is -2.71. The summed E-state index contributed by atoms with van der Waals surface area (Å²) in [6.07, 6.45) is -3.52. The van der Waals surface area contributed by atoms with E-state index in [1.807, 2.05) is 32.0 Å². The van der Waals surface area contributed by atoms with Crippen LogP contribution in [0.3, 0.4) is 0 Å². The van der Waals surface area contributed by atoms with Crippen molar-refractivity contribution in [3.05, 3.63) is 41.1 Å². The van der Waals surface area contributed by atoms with Gasteiger partial charge in [0, 0.05) is 19.3 Å². The van der Waals surface area contributed by atoms with Crippen LogP contribution in [0.2, 0.25) is 0 Å². The third-order valence-corrected chi connectivity index (χ3v) is 5.12. The lowest BCUT2D eigenvalue weighted by Gasteiger charge is -2.47. The Morgan fingerprint density at radius 2 is 1.81 bits per heavy atom. The van der Waals surface area contributed by atoms with Gasteiger partial charge in [0.15, 0.2) is 0 Å². The maximum Gasteiger partial charge on any atom is 0.394 e. The summed E-state index contributed by atoms with van der Waals surface area (Å²) in [6, 6.07) is 5.93. The number of aryl methyl sites for hydroxylation is 2. The van der Waals surface area contributed by atoms with Crippen LogP contribution >= 0.6 is 0 Å². The Kier molecular flexibility index (Phi) is 3.98. The molecule has 2 atom stereocenters. The number of carbonyl (C=O) groups excluding carboxylic acids is 1. The largest absolute Gasteiger partial charge is 0.394 e. The number of hydrazine groups is 1. The van der Waals surface area contributed by atoms with Crippen molar-refractivity contribution in [3.63, 3.8) is 0 Å². The topological polar surface area (TPSA) is 59.6 Å². The molecule has 26 heavy (non-hydrogen) atoms. The quantitative estimate of drug-likeness (QED) is 0.737. The van der Waals surface area contributed by atoms with Gasteiger partial charge in [0.2, 0.25) is 0 Å². The maximum absolute atomic E-state index is 12.7. The Morgan fingerprint density at radius 1 is 1.15 bits per heavy atom. The standard InChI is InChI=1S/C17H20F3N5O/c1-9-4-3-5-10(2)13(9)25-8-12-14(23-25)21-16(22-15(12)26)24-6-11(7-24)17(18,19)20/h3-5,8,11,14,16,21,23H,6-7H2,1-2H3,(H,22,26). The second-order valence-electron chi connectivity index (χ2n) is 6.99. The van der Waals surface area contributed by atoms with Crippen molar-refractivity contribution in [1.82, 2.24) is 21.0 Å². The third-order valence-electron chi connectivity index (χ3n) is 5.12. The molecule has 0 aliphatic carbocycles. The van der Waals surface area contributed by atoms with Crippen LogP contribution in [0, 0.1) is 19.8 Å². The number of nitrogens with one attached hydrogen (secondary N) is 3. The van der Waals surface area contributed by atoms with Gasteiger partial charge in [-0.1, -0.05) is 18.2 Å². The molecule has 1 aromatic rings. The molecule has 9 heteroatoms. The van der Waals surface area contributed by atoms with Crippen LogP contribution in [0.5, 0.6) is 0 Å². The Labute approximate surface area is 149 Å². The molecule has 0 spiro atoms. The molecule has 0 saturated carbocycles. The van der Waals surface area contributed by atoms with Crippen molar-refractivity contribution >= 4 is 11.6 Å². The van der Waals surface area contributed by atoms with Gasteiger partial charge in [-0.15, -0.1) is 0 Å². The average molecular weight is 367 g/mol. The molecule has 2 saturated heterocycles. The number of hydrogen-bond acceptors (Lipinski definition) is 5. The third kappa shape index (κ3) is 2.85. The van der Waals surface area contributed by atoms with Crippen molar-refractivity contribution < 1.29 is 18.0 Å². The number of benzene rings is 1. The number of carbonyl (C=O) groups is 1. The van der Waals surface area contributed by atoms with Gasteiger partial charge < -0.3 is 5.32 Å². The Balaban J connectivity index is 1.47. The first kappa shape index (κ1) is 17.3. The molecule has 0 radical (unpaired) electrons. The van der Waals surface area contributed by atoms with Gasteiger partial charge in [-0.05, 0) is 25.0 Å². The van der Waals surface area contributed by atoms with Crippen molar-refractivity contribution in [2.24, 2.45) is 5.92 Å². The number of nitrogens with zero attached hydrogens (tertiary/aromatic N) is 2. The summed E-state index contributed by atoms with van der Waals surface area (Å²) in [6.45, 7) is 3.73. The number of para-hydroxylation sites is 1. The van der Waals surface area contributed by atoms with E-state index in [2.05, 4.69) is 16.1 Å². The highest BCUT2D eigenvalue weighted by molar-refractivity contribution is 5.96. The predicted octanol–water partition coefficient (Wildman–Crippen LogP) is 1.34. The number of fused-ring (bicyclic) bond motifs is 1. The Hall–Kier alpha value is -2.10. The number of anilines is 1. The summed E-state index contributed by atoms with van der Waals surface area (Å²) >= 11 is 0. The fourth-order valence-electron chi connectivity index (χ4n) is 3.63. The van der Waals surface area contributed by atoms with Crippen molar-refractivity contribution in [2.45, 2.75) is 32.5 Å². The Morgan fingerprint density at radius 3 is 2.42 bits per heavy atom. The van der Waals surface area contributed by atoms with Crippen LogP contribution in [0.25, 0.3) is 0 Å². The van der Waals surface area contributed by atoms with Gasteiger partial charge in [0.1, 0.15) is 12.5 Å². The number of halogens is 3. The van der Waals surface area contributed by atoms with Crippen LogP contribution in [0.4, 0.5) is 18.9 Å². The van der Waals surface area contributed by atoms with Gasteiger partial charge in [-0.2, -0.15) is 13.2 Å². The maximum atomic E-state index is 12.7. The number of amides is 1. The van der Waals surface area contributed by atoms with Crippen LogP contribution < -0.4 is 21.1 Å². The molecule has 3 aliphatic rings. The molecule has 1 aromatic carbocycles. The fraction of sp³-hybridized carbons (Fsp3) is 0.471. The summed E-state index contributed by atoms with van der Waals surface area (Å²) in [4.78, 5) is 14.0. The number of hydrogen-bond donors (Lipinski definition) is 3. The summed E-state index contributed by atoms with van der Waals surface area (Å²) in [7, 11) is 0. The van der Waals surface area contributed by atoms with Crippen molar-refractivity contribution in [3.8, 4) is 0 Å². The molecule has 0 aromatic heterocycles. The van der Waals surface area contributed by atoms with E-state index in [0.29, 0.717) is 5.57 Å². The first-order chi connectivity index (χ1) is 12.2. The first-order valence-electron chi connectivity index (χ1n) is 8.45. The monoisotopic (exact) mass is 367 g/mol. The SMILES string of the molecule is Cc1cccc(C)c1N1C=C2C(=O)NC(N3CC(C(F)(F)F)C3)NC2N1. The van der Waals surface area contributed by atoms with Gasteiger partial charge in [0.25, 0.3) is 5.91 Å². The van der Waals surface area contributed by atoms with Crippen molar-refractivity contribution in [1.29, 1.82) is 0 Å². The second-order valence-corrected chi connectivity index (χ2v) is 6.99. The van der Waals surface area contributed by atoms with E-state index in [9.17, 15) is 18.0 Å². The number of likely N-dealkylation sites (tertiary alicyclic amines) is 1. The zero-order valence-corrected chi connectivity index (χ0v) is 14.4. The second kappa shape index (κ2) is 5.97. The molecule has 6 nitrogen and oxygen atoms in total. The minimum absolute atomic E-state index is 0.117. The van der Waals surface area contributed by atoms with E-state index in [0.717, 1.165) is 16.8 Å². The lowest BCUT2D eigenvalue weighted by atomic mass is 9.99. The first-order valence-corrected chi connectivity index (χ1v) is 8.45. The van der Waals surface area contributed by atoms with Crippen LogP contribution in [0.1, 0.15) is 11.1 Å². The van der Waals surface area contributed by atoms with Crippen LogP contribution in [0.15, 0.2) is 30.0 Å². The average Bonchev–Trinajstić information content (AvgIpc) is 2.88. The number of alkyl halides is 3. The molecule has 1 amide bonds. The fourth-order valence-corrected chi connectivity index (χ4v) is 3.63. The zero-order valence-electron chi connectivity index (χ0n) is 14.4. The smallest absolute Gasteiger partial charge is 0.324 e. The zero-order chi connectivity index (χ0) is 18.6. The minimum Gasteiger partial charge on any atom is -0.324 e. The van der Waals surface area contributed by atoms with E-state index >= 15 is 0 Å². The van der Waals surface area contributed by atoms with Gasteiger partial charge >= 0.3 is 6.18 Å². The Bertz CT molecular complexity index is 752. The molecule has 140 valence electrons. The molecule has 2 fully saturated rings. The molecular formula is C17H20F3N5O. The summed E-state index contributed by atoms with van der Waals surface area (Å²) in [5.74, 6) is -1.61. The summed E-state index contributed by atoms with van der Waals surface area (Å²) in [5, 5.41) is 7.70. The molecule has 3 heterocycles. The van der Waals surface area contributed by atoms with E-state index in [1.54, 1.807) is 16.1 Å². The van der Waals surface area contributed by atoms with E-state index in [4.69, 9.17) is 0 Å². The molecule has 0 bridgehead atoms. The van der Waals surface area contributed by atoms with Crippen molar-refractivity contribution in [2.75, 3.05) is 18.1 Å². The molecule has 3 N–H and O–H groups in total. The van der Waals surface area contributed by atoms with Gasteiger partial charge in [0.05, 0.1) is 17.2 Å². The van der Waals surface area contributed by atoms with E-state index in [1.165, 1.54) is 0 Å². The van der Waals surface area contributed by atoms with E-state index < -0.39 is 24.5 Å². The molecule has 4 rings (SSSR count).